The third-order valence-corrected chi connectivity index (χ3v) is 1.26. The number of imidazole rings is 1. The number of imide groups is 1. The van der Waals surface area contributed by atoms with Gasteiger partial charge in [-0.2, -0.15) is 0 Å². The zero-order chi connectivity index (χ0) is 8.81. The van der Waals surface area contributed by atoms with Gasteiger partial charge in [0.15, 0.2) is 0 Å². The minimum atomic E-state index is -0.148. The van der Waals surface area contributed by atoms with Crippen molar-refractivity contribution in [3.8, 4) is 0 Å². The van der Waals surface area contributed by atoms with Gasteiger partial charge in [-0.25, -0.2) is 4.98 Å². The number of carbonyl (C=O) groups excluding carboxylic acids is 2. The van der Waals surface area contributed by atoms with Gasteiger partial charge in [-0.1, -0.05) is 0 Å². The van der Waals surface area contributed by atoms with Crippen molar-refractivity contribution in [1.82, 2.24) is 15.3 Å². The van der Waals surface area contributed by atoms with Gasteiger partial charge in [-0.3, -0.25) is 14.9 Å². The number of carbonyl (C=O) groups is 2. The fourth-order valence-electron chi connectivity index (χ4n) is 0.723. The number of hydrogen-bond acceptors (Lipinski definition) is 3. The molecule has 0 spiro atoms. The molecule has 1 aromatic heterocycles. The highest BCUT2D eigenvalue weighted by atomic mass is 16.2. The van der Waals surface area contributed by atoms with Crippen molar-refractivity contribution in [2.45, 2.75) is 12.8 Å². The highest BCUT2D eigenvalue weighted by Gasteiger charge is 2.15. The molecule has 12 heavy (non-hydrogen) atoms. The molecular weight excluding hydrogens is 158 g/mol. The van der Waals surface area contributed by atoms with E-state index in [9.17, 15) is 9.59 Å². The molecular formula is C7H9N3O2. The summed E-state index contributed by atoms with van der Waals surface area (Å²) in [7, 11) is 0. The number of aromatic amines is 1. The van der Waals surface area contributed by atoms with E-state index in [1.54, 1.807) is 18.7 Å². The molecule has 2 rings (SSSR count). The highest BCUT2D eigenvalue weighted by Crippen LogP contribution is 1.95. The fraction of sp³-hybridized carbons (Fsp3) is 0.286. The molecule has 2 N–H and O–H groups in total. The third-order valence-electron chi connectivity index (χ3n) is 1.26. The lowest BCUT2D eigenvalue weighted by Crippen LogP contribution is -2.18. The van der Waals surface area contributed by atoms with Crippen LogP contribution >= 0.6 is 0 Å². The minimum absolute atomic E-state index is 0.148. The topological polar surface area (TPSA) is 74.8 Å². The van der Waals surface area contributed by atoms with Crippen molar-refractivity contribution in [2.75, 3.05) is 0 Å². The number of rotatable bonds is 0. The van der Waals surface area contributed by atoms with Crippen molar-refractivity contribution < 1.29 is 9.59 Å². The number of amides is 2. The Bertz CT molecular complexity index is 224. The van der Waals surface area contributed by atoms with Crippen LogP contribution in [0, 0.1) is 0 Å². The van der Waals surface area contributed by atoms with Crippen LogP contribution in [0.15, 0.2) is 18.7 Å². The first-order valence-corrected chi connectivity index (χ1v) is 3.54. The van der Waals surface area contributed by atoms with Crippen LogP contribution in [0.5, 0.6) is 0 Å². The van der Waals surface area contributed by atoms with E-state index in [-0.39, 0.29) is 11.8 Å². The summed E-state index contributed by atoms with van der Waals surface area (Å²) < 4.78 is 0. The van der Waals surface area contributed by atoms with E-state index in [0.717, 1.165) is 0 Å². The number of aromatic nitrogens is 2. The predicted molar refractivity (Wildman–Crippen MR) is 41.0 cm³/mol. The smallest absolute Gasteiger partial charge is 0.227 e. The van der Waals surface area contributed by atoms with E-state index < -0.39 is 0 Å². The summed E-state index contributed by atoms with van der Waals surface area (Å²) in [4.78, 5) is 26.7. The van der Waals surface area contributed by atoms with E-state index in [1.165, 1.54) is 0 Å². The molecule has 0 saturated carbocycles. The third kappa shape index (κ3) is 2.96. The molecule has 0 aliphatic carbocycles. The summed E-state index contributed by atoms with van der Waals surface area (Å²) in [5.41, 5.74) is 0. The Hall–Kier alpha value is -1.65. The molecule has 64 valence electrons. The van der Waals surface area contributed by atoms with Crippen LogP contribution in [0.1, 0.15) is 12.8 Å². The van der Waals surface area contributed by atoms with Crippen molar-refractivity contribution in [2.24, 2.45) is 0 Å². The predicted octanol–water partition coefficient (Wildman–Crippen LogP) is -0.167. The van der Waals surface area contributed by atoms with Crippen LogP contribution in [0.3, 0.4) is 0 Å². The Kier molecular flexibility index (Phi) is 3.01. The summed E-state index contributed by atoms with van der Waals surface area (Å²) >= 11 is 0. The van der Waals surface area contributed by atoms with Crippen molar-refractivity contribution >= 4 is 11.8 Å². The molecule has 2 amide bonds. The largest absolute Gasteiger partial charge is 0.351 e. The molecule has 5 heteroatoms. The molecule has 0 bridgehead atoms. The van der Waals surface area contributed by atoms with E-state index in [2.05, 4.69) is 15.3 Å². The van der Waals surface area contributed by atoms with E-state index in [1.807, 2.05) is 0 Å². The molecule has 1 saturated heterocycles. The lowest BCUT2D eigenvalue weighted by atomic mass is 10.4. The summed E-state index contributed by atoms with van der Waals surface area (Å²) in [5, 5.41) is 2.14. The molecule has 0 aromatic carbocycles. The van der Waals surface area contributed by atoms with Gasteiger partial charge < -0.3 is 4.98 Å². The molecule has 0 atom stereocenters. The summed E-state index contributed by atoms with van der Waals surface area (Å²) in [6.07, 6.45) is 5.83. The Balaban J connectivity index is 0.000000127. The van der Waals surface area contributed by atoms with Crippen LogP contribution in [0.4, 0.5) is 0 Å². The molecule has 1 aliphatic heterocycles. The Morgan fingerprint density at radius 3 is 2.08 bits per heavy atom. The zero-order valence-electron chi connectivity index (χ0n) is 6.41. The van der Waals surface area contributed by atoms with Crippen LogP contribution in [0.25, 0.3) is 0 Å². The molecule has 1 fully saturated rings. The fourth-order valence-corrected chi connectivity index (χ4v) is 0.723. The second-order valence-corrected chi connectivity index (χ2v) is 2.23. The Morgan fingerprint density at radius 1 is 1.25 bits per heavy atom. The maximum Gasteiger partial charge on any atom is 0.227 e. The highest BCUT2D eigenvalue weighted by molar-refractivity contribution is 6.01. The molecule has 0 radical (unpaired) electrons. The normalized spacial score (nSPS) is 15.0. The SMILES string of the molecule is O=C1CCC(=O)N1.c1c[nH]cn1. The summed E-state index contributed by atoms with van der Waals surface area (Å²) in [5.74, 6) is -0.296. The van der Waals surface area contributed by atoms with Gasteiger partial charge in [0.2, 0.25) is 11.8 Å². The van der Waals surface area contributed by atoms with Gasteiger partial charge in [0.25, 0.3) is 0 Å². The quantitative estimate of drug-likeness (QED) is 0.527. The number of nitrogens with one attached hydrogen (secondary N) is 2. The first-order valence-electron chi connectivity index (χ1n) is 3.54. The Morgan fingerprint density at radius 2 is 1.92 bits per heavy atom. The van der Waals surface area contributed by atoms with Gasteiger partial charge in [-0.05, 0) is 0 Å². The first-order chi connectivity index (χ1) is 5.79. The van der Waals surface area contributed by atoms with Crippen LogP contribution in [-0.2, 0) is 9.59 Å². The summed E-state index contributed by atoms with van der Waals surface area (Å²) in [6.45, 7) is 0. The van der Waals surface area contributed by atoms with Gasteiger partial charge in [0.05, 0.1) is 6.33 Å². The van der Waals surface area contributed by atoms with Gasteiger partial charge in [-0.15, -0.1) is 0 Å². The zero-order valence-corrected chi connectivity index (χ0v) is 6.41. The lowest BCUT2D eigenvalue weighted by molar-refractivity contribution is -0.124. The van der Waals surface area contributed by atoms with Gasteiger partial charge in [0, 0.05) is 25.2 Å². The van der Waals surface area contributed by atoms with Crippen LogP contribution in [0.2, 0.25) is 0 Å². The van der Waals surface area contributed by atoms with Crippen molar-refractivity contribution in [1.29, 1.82) is 0 Å². The molecule has 0 unspecified atom stereocenters. The molecule has 1 aliphatic rings. The van der Waals surface area contributed by atoms with E-state index in [0.29, 0.717) is 12.8 Å². The average molecular weight is 167 g/mol. The number of nitrogens with zero attached hydrogens (tertiary/aromatic N) is 1. The van der Waals surface area contributed by atoms with Crippen LogP contribution < -0.4 is 5.32 Å². The van der Waals surface area contributed by atoms with Crippen molar-refractivity contribution in [3.63, 3.8) is 0 Å². The van der Waals surface area contributed by atoms with Gasteiger partial charge >= 0.3 is 0 Å². The Labute approximate surface area is 69.2 Å². The van der Waals surface area contributed by atoms with E-state index in [4.69, 9.17) is 0 Å². The second-order valence-electron chi connectivity index (χ2n) is 2.23. The minimum Gasteiger partial charge on any atom is -0.351 e. The summed E-state index contributed by atoms with van der Waals surface area (Å²) in [6, 6.07) is 0. The molecule has 2 heterocycles. The number of hydrogen-bond donors (Lipinski definition) is 2. The monoisotopic (exact) mass is 167 g/mol. The second kappa shape index (κ2) is 4.27. The standard InChI is InChI=1S/C4H5NO2.C3H4N2/c6-3-1-2-4(7)5-3;1-2-5-3-4-1/h1-2H2,(H,5,6,7);1-3H,(H,4,5). The van der Waals surface area contributed by atoms with Gasteiger partial charge in [0.1, 0.15) is 0 Å². The molecule has 1 aromatic rings. The lowest BCUT2D eigenvalue weighted by Gasteiger charge is -1.79. The van der Waals surface area contributed by atoms with Crippen molar-refractivity contribution in [3.05, 3.63) is 18.7 Å². The maximum absolute atomic E-state index is 10.1. The van der Waals surface area contributed by atoms with Crippen LogP contribution in [-0.4, -0.2) is 21.8 Å². The molecule has 5 nitrogen and oxygen atoms in total. The average Bonchev–Trinajstić information content (AvgIpc) is 2.63. The first kappa shape index (κ1) is 8.45. The maximum atomic E-state index is 10.1. The number of H-pyrrole nitrogens is 1. The van der Waals surface area contributed by atoms with E-state index >= 15 is 0 Å².